The van der Waals surface area contributed by atoms with Crippen LogP contribution in [0.4, 0.5) is 0 Å². The molecule has 0 aliphatic heterocycles. The van der Waals surface area contributed by atoms with Crippen molar-refractivity contribution < 1.29 is 0 Å². The van der Waals surface area contributed by atoms with Crippen LogP contribution in [-0.4, -0.2) is 6.26 Å². The van der Waals surface area contributed by atoms with E-state index in [1.54, 1.807) is 11.8 Å². The summed E-state index contributed by atoms with van der Waals surface area (Å²) < 4.78 is 2.73. The van der Waals surface area contributed by atoms with Gasteiger partial charge in [-0.3, -0.25) is 0 Å². The fourth-order valence-corrected chi connectivity index (χ4v) is 4.24. The molecule has 21 heavy (non-hydrogen) atoms. The lowest BCUT2D eigenvalue weighted by atomic mass is 10.0. The molecule has 0 aliphatic carbocycles. The Kier molecular flexibility index (Phi) is 3.21. The molecule has 3 aromatic carbocycles. The Balaban J connectivity index is 1.87. The fraction of sp³-hybridized carbons (Fsp3) is 0.0526. The van der Waals surface area contributed by atoms with Gasteiger partial charge in [-0.25, -0.2) is 0 Å². The lowest BCUT2D eigenvalue weighted by molar-refractivity contribution is 1.46. The van der Waals surface area contributed by atoms with Gasteiger partial charge < -0.3 is 0 Å². The molecule has 0 aliphatic rings. The van der Waals surface area contributed by atoms with Crippen molar-refractivity contribution >= 4 is 43.3 Å². The summed E-state index contributed by atoms with van der Waals surface area (Å²) in [6, 6.07) is 24.2. The molecular formula is C19H14S2. The van der Waals surface area contributed by atoms with Crippen molar-refractivity contribution in [2.45, 2.75) is 4.90 Å². The van der Waals surface area contributed by atoms with Gasteiger partial charge >= 0.3 is 0 Å². The summed E-state index contributed by atoms with van der Waals surface area (Å²) in [6.07, 6.45) is 2.11. The minimum absolute atomic E-state index is 1.28. The maximum Gasteiger partial charge on any atom is 0.0361 e. The second-order valence-electron chi connectivity index (χ2n) is 5.04. The SMILES string of the molecule is CSc1ccc(-c2ccc3c(c2)sc2ccccc23)cc1. The van der Waals surface area contributed by atoms with Gasteiger partial charge in [-0.1, -0.05) is 42.5 Å². The van der Waals surface area contributed by atoms with Crippen molar-refractivity contribution in [3.05, 3.63) is 66.7 Å². The van der Waals surface area contributed by atoms with Gasteiger partial charge in [0.25, 0.3) is 0 Å². The predicted molar refractivity (Wildman–Crippen MR) is 96.5 cm³/mol. The average molecular weight is 306 g/mol. The van der Waals surface area contributed by atoms with Gasteiger partial charge in [0.05, 0.1) is 0 Å². The molecular weight excluding hydrogens is 292 g/mol. The van der Waals surface area contributed by atoms with Crippen LogP contribution in [0.25, 0.3) is 31.3 Å². The molecule has 4 rings (SSSR count). The zero-order valence-electron chi connectivity index (χ0n) is 11.7. The molecule has 0 fully saturated rings. The first-order chi connectivity index (χ1) is 10.3. The topological polar surface area (TPSA) is 0 Å². The summed E-state index contributed by atoms with van der Waals surface area (Å²) in [7, 11) is 0. The smallest absolute Gasteiger partial charge is 0.0361 e. The number of thiophene rings is 1. The second-order valence-corrected chi connectivity index (χ2v) is 7.00. The molecule has 0 atom stereocenters. The van der Waals surface area contributed by atoms with E-state index in [-0.39, 0.29) is 0 Å². The highest BCUT2D eigenvalue weighted by Crippen LogP contribution is 2.36. The molecule has 0 saturated heterocycles. The first-order valence-corrected chi connectivity index (χ1v) is 8.95. The molecule has 0 spiro atoms. The molecule has 0 radical (unpaired) electrons. The minimum Gasteiger partial charge on any atom is -0.135 e. The third kappa shape index (κ3) is 2.25. The molecule has 4 aromatic rings. The Morgan fingerprint density at radius 2 is 1.43 bits per heavy atom. The Hall–Kier alpha value is -1.77. The van der Waals surface area contributed by atoms with Gasteiger partial charge in [-0.2, -0.15) is 0 Å². The van der Waals surface area contributed by atoms with Crippen LogP contribution >= 0.6 is 23.1 Å². The summed E-state index contributed by atoms with van der Waals surface area (Å²) in [5.41, 5.74) is 2.58. The Bertz CT molecular complexity index is 917. The maximum atomic E-state index is 2.31. The van der Waals surface area contributed by atoms with Gasteiger partial charge in [0.1, 0.15) is 0 Å². The second kappa shape index (κ2) is 5.21. The largest absolute Gasteiger partial charge is 0.135 e. The molecule has 0 bridgehead atoms. The first-order valence-electron chi connectivity index (χ1n) is 6.91. The van der Waals surface area contributed by atoms with Gasteiger partial charge in [-0.15, -0.1) is 23.1 Å². The Labute approximate surface area is 132 Å². The lowest BCUT2D eigenvalue weighted by Gasteiger charge is -2.03. The van der Waals surface area contributed by atoms with Crippen LogP contribution < -0.4 is 0 Å². The van der Waals surface area contributed by atoms with E-state index in [2.05, 4.69) is 73.0 Å². The zero-order chi connectivity index (χ0) is 14.2. The number of fused-ring (bicyclic) bond motifs is 3. The van der Waals surface area contributed by atoms with E-state index in [0.717, 1.165) is 0 Å². The third-order valence-electron chi connectivity index (χ3n) is 3.80. The molecule has 0 amide bonds. The highest BCUT2D eigenvalue weighted by atomic mass is 32.2. The van der Waals surface area contributed by atoms with Crippen molar-refractivity contribution in [3.63, 3.8) is 0 Å². The predicted octanol–water partition coefficient (Wildman–Crippen LogP) is 6.44. The summed E-state index contributed by atoms with van der Waals surface area (Å²) >= 11 is 3.65. The quantitative estimate of drug-likeness (QED) is 0.384. The Morgan fingerprint density at radius 3 is 2.24 bits per heavy atom. The van der Waals surface area contributed by atoms with Crippen molar-refractivity contribution in [2.75, 3.05) is 6.26 Å². The first kappa shape index (κ1) is 12.9. The van der Waals surface area contributed by atoms with E-state index in [9.17, 15) is 0 Å². The van der Waals surface area contributed by atoms with E-state index in [0.29, 0.717) is 0 Å². The molecule has 102 valence electrons. The van der Waals surface area contributed by atoms with Crippen LogP contribution in [0.3, 0.4) is 0 Å². The summed E-state index contributed by atoms with van der Waals surface area (Å²) in [4.78, 5) is 1.31. The van der Waals surface area contributed by atoms with Crippen molar-refractivity contribution in [1.82, 2.24) is 0 Å². The van der Waals surface area contributed by atoms with Crippen LogP contribution in [0.5, 0.6) is 0 Å². The summed E-state index contributed by atoms with van der Waals surface area (Å²) in [5, 5.41) is 2.72. The minimum atomic E-state index is 1.28. The van der Waals surface area contributed by atoms with Crippen molar-refractivity contribution in [3.8, 4) is 11.1 Å². The normalized spacial score (nSPS) is 11.3. The van der Waals surface area contributed by atoms with E-state index in [1.807, 2.05) is 11.3 Å². The molecule has 0 nitrogen and oxygen atoms in total. The van der Waals surface area contributed by atoms with Gasteiger partial charge in [0.15, 0.2) is 0 Å². The van der Waals surface area contributed by atoms with E-state index in [4.69, 9.17) is 0 Å². The van der Waals surface area contributed by atoms with Crippen LogP contribution in [-0.2, 0) is 0 Å². The Morgan fingerprint density at radius 1 is 0.714 bits per heavy atom. The summed E-state index contributed by atoms with van der Waals surface area (Å²) in [5.74, 6) is 0. The van der Waals surface area contributed by atoms with E-state index >= 15 is 0 Å². The monoisotopic (exact) mass is 306 g/mol. The van der Waals surface area contributed by atoms with Crippen molar-refractivity contribution in [2.24, 2.45) is 0 Å². The van der Waals surface area contributed by atoms with E-state index in [1.165, 1.54) is 36.2 Å². The van der Waals surface area contributed by atoms with Crippen LogP contribution in [0.2, 0.25) is 0 Å². The van der Waals surface area contributed by atoms with Crippen LogP contribution in [0, 0.1) is 0 Å². The molecule has 0 unspecified atom stereocenters. The fourth-order valence-electron chi connectivity index (χ4n) is 2.69. The standard InChI is InChI=1S/C19H14S2/c1-20-15-9-6-13(7-10-15)14-8-11-17-16-4-2-3-5-18(16)21-19(17)12-14/h2-12H,1H3. The number of benzene rings is 3. The number of thioether (sulfide) groups is 1. The van der Waals surface area contributed by atoms with Gasteiger partial charge in [0, 0.05) is 25.1 Å². The van der Waals surface area contributed by atoms with E-state index < -0.39 is 0 Å². The van der Waals surface area contributed by atoms with Gasteiger partial charge in [0.2, 0.25) is 0 Å². The number of rotatable bonds is 2. The van der Waals surface area contributed by atoms with Crippen LogP contribution in [0.1, 0.15) is 0 Å². The summed E-state index contributed by atoms with van der Waals surface area (Å²) in [6.45, 7) is 0. The highest BCUT2D eigenvalue weighted by Gasteiger charge is 2.06. The highest BCUT2D eigenvalue weighted by molar-refractivity contribution is 7.98. The van der Waals surface area contributed by atoms with Crippen LogP contribution in [0.15, 0.2) is 71.6 Å². The number of hydrogen-bond donors (Lipinski definition) is 0. The average Bonchev–Trinajstić information content (AvgIpc) is 2.92. The molecule has 2 heteroatoms. The molecule has 1 aromatic heterocycles. The maximum absolute atomic E-state index is 2.31. The van der Waals surface area contributed by atoms with Gasteiger partial charge in [-0.05, 0) is 41.6 Å². The molecule has 0 N–H and O–H groups in total. The zero-order valence-corrected chi connectivity index (χ0v) is 13.3. The van der Waals surface area contributed by atoms with Crippen molar-refractivity contribution in [1.29, 1.82) is 0 Å². The molecule has 1 heterocycles. The molecule has 0 saturated carbocycles. The third-order valence-corrected chi connectivity index (χ3v) is 5.68. The number of hydrogen-bond acceptors (Lipinski definition) is 2. The lowest BCUT2D eigenvalue weighted by Crippen LogP contribution is -1.77.